The molecule has 0 aromatic heterocycles. The monoisotopic (exact) mass is 411 g/mol. The van der Waals surface area contributed by atoms with Gasteiger partial charge in [-0.3, -0.25) is 19.3 Å². The molecule has 6 heteroatoms. The molecule has 2 saturated carbocycles. The molecule has 1 saturated heterocycles. The Morgan fingerprint density at radius 3 is 2.23 bits per heavy atom. The van der Waals surface area contributed by atoms with E-state index in [0.717, 1.165) is 35.3 Å². The Kier molecular flexibility index (Phi) is 5.28. The zero-order valence-electron chi connectivity index (χ0n) is 18.0. The summed E-state index contributed by atoms with van der Waals surface area (Å²) in [5.41, 5.74) is 2.28. The smallest absolute Gasteiger partial charge is 0.330 e. The molecular weight excluding hydrogens is 382 g/mol. The van der Waals surface area contributed by atoms with Crippen LogP contribution in [0.5, 0.6) is 0 Å². The number of ether oxygens (including phenoxy) is 1. The third-order valence-electron chi connectivity index (χ3n) is 7.15. The van der Waals surface area contributed by atoms with E-state index >= 15 is 0 Å². The van der Waals surface area contributed by atoms with E-state index in [4.69, 9.17) is 4.74 Å². The molecule has 5 atom stereocenters. The summed E-state index contributed by atoms with van der Waals surface area (Å²) in [6.45, 7) is 6.91. The van der Waals surface area contributed by atoms with E-state index in [1.807, 2.05) is 26.0 Å². The highest BCUT2D eigenvalue weighted by Crippen LogP contribution is 2.56. The first-order chi connectivity index (χ1) is 14.2. The quantitative estimate of drug-likeness (QED) is 0.408. The predicted molar refractivity (Wildman–Crippen MR) is 109 cm³/mol. The van der Waals surface area contributed by atoms with Crippen LogP contribution in [0.4, 0.5) is 0 Å². The van der Waals surface area contributed by atoms with Gasteiger partial charge in [-0.15, -0.1) is 0 Å². The Morgan fingerprint density at radius 1 is 1.07 bits per heavy atom. The van der Waals surface area contributed by atoms with E-state index in [-0.39, 0.29) is 47.2 Å². The molecule has 3 aliphatic rings. The third kappa shape index (κ3) is 3.26. The highest BCUT2D eigenvalue weighted by atomic mass is 16.5. The van der Waals surface area contributed by atoms with Gasteiger partial charge in [-0.1, -0.05) is 31.5 Å². The fourth-order valence-electron chi connectivity index (χ4n) is 5.72. The molecule has 3 fully saturated rings. The predicted octanol–water partition coefficient (Wildman–Crippen LogP) is 3.09. The zero-order valence-corrected chi connectivity index (χ0v) is 18.0. The first-order valence-corrected chi connectivity index (χ1v) is 10.8. The number of Topliss-reactive ketones (excluding diaryl/α,β-unsaturated/α-hetero) is 1. The number of benzene rings is 1. The highest BCUT2D eigenvalue weighted by Gasteiger charge is 2.62. The van der Waals surface area contributed by atoms with Crippen molar-refractivity contribution in [1.82, 2.24) is 4.90 Å². The molecule has 160 valence electrons. The average molecular weight is 411 g/mol. The lowest BCUT2D eigenvalue weighted by Gasteiger charge is -2.28. The maximum Gasteiger partial charge on any atom is 0.330 e. The van der Waals surface area contributed by atoms with Crippen LogP contribution >= 0.6 is 0 Å². The Labute approximate surface area is 177 Å². The summed E-state index contributed by atoms with van der Waals surface area (Å²) in [7, 11) is 0. The van der Waals surface area contributed by atoms with E-state index in [0.29, 0.717) is 5.56 Å². The number of nitrogens with zero attached hydrogens (tertiary/aromatic N) is 1. The van der Waals surface area contributed by atoms with E-state index in [1.165, 1.54) is 0 Å². The lowest BCUT2D eigenvalue weighted by atomic mass is 9.81. The van der Waals surface area contributed by atoms with Crippen LogP contribution in [0, 0.1) is 43.4 Å². The van der Waals surface area contributed by atoms with Crippen molar-refractivity contribution in [2.24, 2.45) is 29.6 Å². The second kappa shape index (κ2) is 7.64. The molecule has 1 aliphatic heterocycles. The fraction of sp³-hybridized carbons (Fsp3) is 0.583. The molecule has 1 aromatic carbocycles. The summed E-state index contributed by atoms with van der Waals surface area (Å²) in [5, 5.41) is 0. The topological polar surface area (TPSA) is 80.8 Å². The summed E-state index contributed by atoms with van der Waals surface area (Å²) in [4.78, 5) is 52.9. The highest BCUT2D eigenvalue weighted by molar-refractivity contribution is 6.09. The van der Waals surface area contributed by atoms with Crippen molar-refractivity contribution in [3.8, 4) is 0 Å². The number of aryl methyl sites for hydroxylation is 2. The van der Waals surface area contributed by atoms with Crippen molar-refractivity contribution in [2.45, 2.75) is 53.0 Å². The number of carbonyl (C=O) groups is 4. The summed E-state index contributed by atoms with van der Waals surface area (Å²) < 4.78 is 5.34. The van der Waals surface area contributed by atoms with Gasteiger partial charge in [0.15, 0.2) is 6.61 Å². The van der Waals surface area contributed by atoms with Gasteiger partial charge in [0.1, 0.15) is 6.04 Å². The second-order valence-electron chi connectivity index (χ2n) is 9.47. The van der Waals surface area contributed by atoms with Gasteiger partial charge >= 0.3 is 5.97 Å². The van der Waals surface area contributed by atoms with Crippen LogP contribution in [0.25, 0.3) is 0 Å². The molecular formula is C24H29NO5. The van der Waals surface area contributed by atoms with Crippen LogP contribution < -0.4 is 0 Å². The summed E-state index contributed by atoms with van der Waals surface area (Å²) >= 11 is 0. The van der Waals surface area contributed by atoms with Crippen LogP contribution in [-0.4, -0.2) is 41.1 Å². The van der Waals surface area contributed by atoms with Crippen molar-refractivity contribution in [1.29, 1.82) is 0 Å². The molecule has 30 heavy (non-hydrogen) atoms. The minimum absolute atomic E-state index is 0.228. The van der Waals surface area contributed by atoms with Crippen LogP contribution in [0.2, 0.25) is 0 Å². The van der Waals surface area contributed by atoms with Crippen LogP contribution in [0.1, 0.15) is 54.6 Å². The summed E-state index contributed by atoms with van der Waals surface area (Å²) in [6, 6.07) is 4.56. The number of hydrogen-bond acceptors (Lipinski definition) is 5. The SMILES string of the molecule is Cc1ccc(C)c(C(=O)COC(=O)[C@@H](C(C)C)N2C(=O)[C@@H]3[C@H]4CC[C@@H](C4)[C@@H]3C2=O)c1. The van der Waals surface area contributed by atoms with E-state index in [2.05, 4.69) is 0 Å². The molecule has 2 aliphatic carbocycles. The van der Waals surface area contributed by atoms with Crippen molar-refractivity contribution >= 4 is 23.6 Å². The Balaban J connectivity index is 1.49. The van der Waals surface area contributed by atoms with Gasteiger partial charge in [0.05, 0.1) is 11.8 Å². The van der Waals surface area contributed by atoms with Gasteiger partial charge in [0.2, 0.25) is 17.6 Å². The van der Waals surface area contributed by atoms with Crippen LogP contribution in [0.15, 0.2) is 18.2 Å². The lowest BCUT2D eigenvalue weighted by molar-refractivity contribution is -0.160. The largest absolute Gasteiger partial charge is 0.456 e. The number of likely N-dealkylation sites (tertiary alicyclic amines) is 1. The first-order valence-electron chi connectivity index (χ1n) is 10.8. The van der Waals surface area contributed by atoms with E-state index in [1.54, 1.807) is 19.9 Å². The molecule has 4 rings (SSSR count). The van der Waals surface area contributed by atoms with Crippen molar-refractivity contribution in [3.63, 3.8) is 0 Å². The van der Waals surface area contributed by atoms with Gasteiger partial charge in [-0.05, 0) is 62.5 Å². The minimum Gasteiger partial charge on any atom is -0.456 e. The van der Waals surface area contributed by atoms with E-state index < -0.39 is 18.6 Å². The standard InChI is InChI=1S/C24H29NO5/c1-12(2)21(24(29)30-11-18(26)17-9-13(3)5-6-14(17)4)25-22(27)19-15-7-8-16(10-15)20(19)23(25)28/h5-6,9,12,15-16,19-21H,7-8,10-11H2,1-4H3/t15-,16-,19-,20+,21+/m0/s1. The molecule has 0 N–H and O–H groups in total. The summed E-state index contributed by atoms with van der Waals surface area (Å²) in [6.07, 6.45) is 2.92. The number of rotatable bonds is 6. The van der Waals surface area contributed by atoms with Crippen LogP contribution in [-0.2, 0) is 19.1 Å². The average Bonchev–Trinajstić information content (AvgIpc) is 3.37. The second-order valence-corrected chi connectivity index (χ2v) is 9.47. The molecule has 0 spiro atoms. The van der Waals surface area contributed by atoms with Gasteiger partial charge < -0.3 is 4.74 Å². The first kappa shape index (κ1) is 20.8. The molecule has 2 amide bonds. The molecule has 0 radical (unpaired) electrons. The minimum atomic E-state index is -0.985. The van der Waals surface area contributed by atoms with Crippen molar-refractivity contribution < 1.29 is 23.9 Å². The molecule has 0 unspecified atom stereocenters. The van der Waals surface area contributed by atoms with Crippen LogP contribution in [0.3, 0.4) is 0 Å². The lowest BCUT2D eigenvalue weighted by Crippen LogP contribution is -2.50. The van der Waals surface area contributed by atoms with Gasteiger partial charge in [-0.2, -0.15) is 0 Å². The number of fused-ring (bicyclic) bond motifs is 5. The van der Waals surface area contributed by atoms with Gasteiger partial charge in [0, 0.05) is 5.56 Å². The normalized spacial score (nSPS) is 28.2. The van der Waals surface area contributed by atoms with Gasteiger partial charge in [-0.25, -0.2) is 4.79 Å². The zero-order chi connectivity index (χ0) is 21.7. The number of amides is 2. The number of ketones is 1. The Morgan fingerprint density at radius 2 is 1.67 bits per heavy atom. The Bertz CT molecular complexity index is 892. The fourth-order valence-corrected chi connectivity index (χ4v) is 5.72. The number of hydrogen-bond donors (Lipinski definition) is 0. The number of carbonyl (C=O) groups excluding carboxylic acids is 4. The Hall–Kier alpha value is -2.50. The molecule has 1 aromatic rings. The van der Waals surface area contributed by atoms with Crippen molar-refractivity contribution in [2.75, 3.05) is 6.61 Å². The molecule has 6 nitrogen and oxygen atoms in total. The maximum absolute atomic E-state index is 13.1. The van der Waals surface area contributed by atoms with Crippen molar-refractivity contribution in [3.05, 3.63) is 34.9 Å². The third-order valence-corrected chi connectivity index (χ3v) is 7.15. The molecule has 1 heterocycles. The summed E-state index contributed by atoms with van der Waals surface area (Å²) in [5.74, 6) is -1.75. The van der Waals surface area contributed by atoms with E-state index in [9.17, 15) is 19.2 Å². The number of esters is 1. The maximum atomic E-state index is 13.1. The molecule has 2 bridgehead atoms. The van der Waals surface area contributed by atoms with Gasteiger partial charge in [0.25, 0.3) is 0 Å². The number of imide groups is 1.